The van der Waals surface area contributed by atoms with Crippen LogP contribution >= 0.6 is 0 Å². The molecular weight excluding hydrogens is 342 g/mol. The highest BCUT2D eigenvalue weighted by Crippen LogP contribution is 2.33. The first-order valence-electron chi connectivity index (χ1n) is 8.62. The summed E-state index contributed by atoms with van der Waals surface area (Å²) in [6.07, 6.45) is 3.56. The Hall–Kier alpha value is -3.34. The maximum Gasteiger partial charge on any atom is 0.168 e. The Morgan fingerprint density at radius 2 is 1.89 bits per heavy atom. The highest BCUT2D eigenvalue weighted by Gasteiger charge is 2.11. The summed E-state index contributed by atoms with van der Waals surface area (Å²) in [4.78, 5) is 16.0. The number of hydrogen-bond acceptors (Lipinski definition) is 5. The van der Waals surface area contributed by atoms with Crippen LogP contribution in [0, 0.1) is 0 Å². The van der Waals surface area contributed by atoms with E-state index in [0.717, 1.165) is 5.56 Å². The molecule has 0 bridgehead atoms. The average Bonchev–Trinajstić information content (AvgIpc) is 2.65. The fraction of sp³-hybridized carbons (Fsp3) is 0.182. The van der Waals surface area contributed by atoms with E-state index in [0.29, 0.717) is 28.1 Å². The number of fused-ring (bicyclic) bond motifs is 1. The molecule has 0 aliphatic heterocycles. The highest BCUT2D eigenvalue weighted by molar-refractivity contribution is 6.02. The number of hydrogen-bond donors (Lipinski definition) is 0. The van der Waals surface area contributed by atoms with E-state index in [1.54, 1.807) is 31.4 Å². The summed E-state index contributed by atoms with van der Waals surface area (Å²) in [7, 11) is 1.59. The van der Waals surface area contributed by atoms with E-state index in [9.17, 15) is 9.90 Å². The molecule has 0 atom stereocenters. The highest BCUT2D eigenvalue weighted by atomic mass is 16.5. The Morgan fingerprint density at radius 3 is 2.59 bits per heavy atom. The molecule has 27 heavy (non-hydrogen) atoms. The maximum absolute atomic E-state index is 11.5. The van der Waals surface area contributed by atoms with Crippen molar-refractivity contribution in [2.24, 2.45) is 0 Å². The summed E-state index contributed by atoms with van der Waals surface area (Å²) in [6.45, 7) is 3.88. The normalized spacial score (nSPS) is 11.3. The van der Waals surface area contributed by atoms with E-state index >= 15 is 0 Å². The largest absolute Gasteiger partial charge is 0.545 e. The molecule has 0 radical (unpaired) electrons. The number of benzene rings is 2. The van der Waals surface area contributed by atoms with Crippen molar-refractivity contribution in [2.45, 2.75) is 20.0 Å². The molecule has 0 saturated carbocycles. The SMILES string of the molecule is COc1cccc(/C=C/c2cc(C(=O)[O-])c3ccccc3n2)c1OC(C)C. The van der Waals surface area contributed by atoms with Crippen molar-refractivity contribution in [1.29, 1.82) is 0 Å². The third-order valence-corrected chi connectivity index (χ3v) is 3.97. The molecule has 138 valence electrons. The second-order valence-corrected chi connectivity index (χ2v) is 6.28. The number of carboxylic acids is 1. The number of carbonyl (C=O) groups is 1. The predicted molar refractivity (Wildman–Crippen MR) is 104 cm³/mol. The van der Waals surface area contributed by atoms with E-state index in [1.165, 1.54) is 6.07 Å². The fourth-order valence-corrected chi connectivity index (χ4v) is 2.81. The Kier molecular flexibility index (Phi) is 5.41. The molecule has 1 aromatic heterocycles. The molecule has 0 saturated heterocycles. The van der Waals surface area contributed by atoms with E-state index in [1.807, 2.05) is 44.2 Å². The van der Waals surface area contributed by atoms with Crippen LogP contribution in [0.15, 0.2) is 48.5 Å². The van der Waals surface area contributed by atoms with Gasteiger partial charge < -0.3 is 19.4 Å². The van der Waals surface area contributed by atoms with E-state index < -0.39 is 5.97 Å². The standard InChI is InChI=1S/C22H21NO4/c1-14(2)27-21-15(7-6-10-20(21)26-3)11-12-16-13-18(22(24)25)17-8-4-5-9-19(17)23-16/h4-14H,1-3H3,(H,24,25)/p-1/b12-11+. The second kappa shape index (κ2) is 7.91. The zero-order chi connectivity index (χ0) is 19.4. The van der Waals surface area contributed by atoms with Crippen molar-refractivity contribution >= 4 is 29.0 Å². The summed E-state index contributed by atoms with van der Waals surface area (Å²) in [5, 5.41) is 12.1. The zero-order valence-electron chi connectivity index (χ0n) is 15.4. The molecule has 5 heteroatoms. The van der Waals surface area contributed by atoms with Crippen molar-refractivity contribution in [1.82, 2.24) is 4.98 Å². The van der Waals surface area contributed by atoms with Crippen LogP contribution in [0.3, 0.4) is 0 Å². The number of rotatable bonds is 6. The number of para-hydroxylation sites is 2. The molecular formula is C22H20NO4-. The monoisotopic (exact) mass is 362 g/mol. The lowest BCUT2D eigenvalue weighted by Gasteiger charge is -2.16. The maximum atomic E-state index is 11.5. The number of carboxylic acid groups (broad SMARTS) is 1. The molecule has 0 spiro atoms. The number of ether oxygens (including phenoxy) is 2. The lowest BCUT2D eigenvalue weighted by atomic mass is 10.1. The predicted octanol–water partition coefficient (Wildman–Crippen LogP) is 3.56. The van der Waals surface area contributed by atoms with Gasteiger partial charge >= 0.3 is 0 Å². The van der Waals surface area contributed by atoms with E-state index in [-0.39, 0.29) is 11.7 Å². The van der Waals surface area contributed by atoms with E-state index in [2.05, 4.69) is 4.98 Å². The summed E-state index contributed by atoms with van der Waals surface area (Å²) in [6, 6.07) is 14.2. The van der Waals surface area contributed by atoms with E-state index in [4.69, 9.17) is 9.47 Å². The number of carbonyl (C=O) groups excluding carboxylic acids is 1. The molecule has 0 unspecified atom stereocenters. The summed E-state index contributed by atoms with van der Waals surface area (Å²) >= 11 is 0. The molecule has 0 fully saturated rings. The van der Waals surface area contributed by atoms with Gasteiger partial charge in [0.2, 0.25) is 0 Å². The van der Waals surface area contributed by atoms with Gasteiger partial charge in [0.15, 0.2) is 11.5 Å². The molecule has 0 aliphatic carbocycles. The second-order valence-electron chi connectivity index (χ2n) is 6.28. The molecule has 5 nitrogen and oxygen atoms in total. The van der Waals surface area contributed by atoms with Gasteiger partial charge in [-0.25, -0.2) is 4.98 Å². The topological polar surface area (TPSA) is 71.5 Å². The van der Waals surface area contributed by atoms with Gasteiger partial charge in [-0.05, 0) is 44.2 Å². The zero-order valence-corrected chi connectivity index (χ0v) is 15.4. The molecule has 0 amide bonds. The van der Waals surface area contributed by atoms with Gasteiger partial charge in [-0.1, -0.05) is 30.3 Å². The molecule has 0 N–H and O–H groups in total. The molecule has 2 aromatic carbocycles. The van der Waals surface area contributed by atoms with Gasteiger partial charge in [-0.15, -0.1) is 0 Å². The Morgan fingerprint density at radius 1 is 1.11 bits per heavy atom. The van der Waals surface area contributed by atoms with Gasteiger partial charge in [0, 0.05) is 16.5 Å². The van der Waals surface area contributed by atoms with Crippen molar-refractivity contribution in [3.8, 4) is 11.5 Å². The first kappa shape index (κ1) is 18.5. The van der Waals surface area contributed by atoms with Crippen LogP contribution in [0.4, 0.5) is 0 Å². The van der Waals surface area contributed by atoms with Crippen LogP contribution in [-0.2, 0) is 0 Å². The first-order valence-corrected chi connectivity index (χ1v) is 8.62. The molecule has 3 rings (SSSR count). The number of aromatic nitrogens is 1. The Balaban J connectivity index is 2.05. The molecule has 1 heterocycles. The van der Waals surface area contributed by atoms with Crippen LogP contribution in [0.25, 0.3) is 23.1 Å². The third kappa shape index (κ3) is 4.08. The van der Waals surface area contributed by atoms with Gasteiger partial charge in [0.05, 0.1) is 30.4 Å². The van der Waals surface area contributed by atoms with Crippen molar-refractivity contribution < 1.29 is 19.4 Å². The van der Waals surface area contributed by atoms with Crippen molar-refractivity contribution in [3.63, 3.8) is 0 Å². The van der Waals surface area contributed by atoms with Gasteiger partial charge in [0.25, 0.3) is 0 Å². The minimum Gasteiger partial charge on any atom is -0.545 e. The number of aromatic carboxylic acids is 1. The Labute approximate surface area is 157 Å². The number of methoxy groups -OCH3 is 1. The lowest BCUT2D eigenvalue weighted by molar-refractivity contribution is -0.254. The fourth-order valence-electron chi connectivity index (χ4n) is 2.81. The smallest absolute Gasteiger partial charge is 0.168 e. The number of pyridine rings is 1. The average molecular weight is 362 g/mol. The Bertz CT molecular complexity index is 1010. The van der Waals surface area contributed by atoms with Crippen molar-refractivity contribution in [3.05, 3.63) is 65.4 Å². The van der Waals surface area contributed by atoms with Crippen LogP contribution in [0.2, 0.25) is 0 Å². The van der Waals surface area contributed by atoms with Crippen molar-refractivity contribution in [2.75, 3.05) is 7.11 Å². The lowest BCUT2D eigenvalue weighted by Crippen LogP contribution is -2.22. The minimum absolute atomic E-state index is 0.0167. The summed E-state index contributed by atoms with van der Waals surface area (Å²) < 4.78 is 11.3. The third-order valence-electron chi connectivity index (χ3n) is 3.97. The van der Waals surface area contributed by atoms with Crippen LogP contribution in [0.1, 0.15) is 35.5 Å². The van der Waals surface area contributed by atoms with Gasteiger partial charge in [-0.2, -0.15) is 0 Å². The van der Waals surface area contributed by atoms with Crippen LogP contribution < -0.4 is 14.6 Å². The van der Waals surface area contributed by atoms with Gasteiger partial charge in [0.1, 0.15) is 0 Å². The quantitative estimate of drug-likeness (QED) is 0.670. The summed E-state index contributed by atoms with van der Waals surface area (Å²) in [5.74, 6) is 0.0355. The summed E-state index contributed by atoms with van der Waals surface area (Å²) in [5.41, 5.74) is 2.05. The molecule has 3 aromatic rings. The van der Waals surface area contributed by atoms with Gasteiger partial charge in [-0.3, -0.25) is 0 Å². The number of nitrogens with zero attached hydrogens (tertiary/aromatic N) is 1. The molecule has 0 aliphatic rings. The van der Waals surface area contributed by atoms with Crippen LogP contribution in [-0.4, -0.2) is 24.2 Å². The van der Waals surface area contributed by atoms with Crippen LogP contribution in [0.5, 0.6) is 11.5 Å². The first-order chi connectivity index (χ1) is 13.0. The minimum atomic E-state index is -1.23.